The average molecular weight is 276 g/mol. The number of hydrogen-bond acceptors (Lipinski definition) is 3. The van der Waals surface area contributed by atoms with E-state index in [4.69, 9.17) is 4.74 Å². The van der Waals surface area contributed by atoms with Crippen LogP contribution in [0.3, 0.4) is 0 Å². The van der Waals surface area contributed by atoms with Crippen molar-refractivity contribution >= 4 is 16.6 Å². The van der Waals surface area contributed by atoms with Crippen LogP contribution in [0.2, 0.25) is 0 Å². The Hall–Kier alpha value is -1.84. The Kier molecular flexibility index (Phi) is 4.42. The van der Waals surface area contributed by atoms with Gasteiger partial charge in [0.25, 0.3) is 0 Å². The van der Waals surface area contributed by atoms with Gasteiger partial charge in [0.05, 0.1) is 7.11 Å². The first kappa shape index (κ1) is 14.6. The Morgan fingerprint density at radius 3 is 2.65 bits per heavy atom. The summed E-state index contributed by atoms with van der Waals surface area (Å²) in [6, 6.07) is 2.91. The highest BCUT2D eigenvalue weighted by atomic mass is 19.1. The monoisotopic (exact) mass is 276 g/mol. The molecule has 0 atom stereocenters. The van der Waals surface area contributed by atoms with Crippen LogP contribution < -0.4 is 10.1 Å². The number of halogens is 1. The van der Waals surface area contributed by atoms with Crippen LogP contribution in [0.15, 0.2) is 12.1 Å². The highest BCUT2D eigenvalue weighted by molar-refractivity contribution is 5.96. The fraction of sp³-hybridized carbons (Fsp3) is 0.438. The van der Waals surface area contributed by atoms with Crippen LogP contribution in [-0.2, 0) is 6.42 Å². The summed E-state index contributed by atoms with van der Waals surface area (Å²) in [5, 5.41) is 4.18. The second kappa shape index (κ2) is 6.07. The molecule has 4 heteroatoms. The van der Waals surface area contributed by atoms with Crippen LogP contribution in [0.5, 0.6) is 5.75 Å². The summed E-state index contributed by atoms with van der Waals surface area (Å²) in [5.41, 5.74) is 3.78. The van der Waals surface area contributed by atoms with Gasteiger partial charge in [0, 0.05) is 29.4 Å². The molecule has 1 heterocycles. The second-order valence-electron chi connectivity index (χ2n) is 4.84. The van der Waals surface area contributed by atoms with Gasteiger partial charge in [-0.15, -0.1) is 0 Å². The third kappa shape index (κ3) is 2.55. The van der Waals surface area contributed by atoms with Gasteiger partial charge in [-0.2, -0.15) is 0 Å². The number of pyridine rings is 1. The molecule has 0 saturated carbocycles. The third-order valence-electron chi connectivity index (χ3n) is 3.47. The number of benzene rings is 1. The fourth-order valence-electron chi connectivity index (χ4n) is 2.42. The van der Waals surface area contributed by atoms with E-state index in [0.29, 0.717) is 5.75 Å². The molecule has 20 heavy (non-hydrogen) atoms. The Balaban J connectivity index is 2.77. The van der Waals surface area contributed by atoms with Crippen LogP contribution in [0.1, 0.15) is 31.5 Å². The van der Waals surface area contributed by atoms with E-state index in [1.807, 2.05) is 6.92 Å². The van der Waals surface area contributed by atoms with Gasteiger partial charge in [-0.05, 0) is 31.4 Å². The zero-order chi connectivity index (χ0) is 14.7. The zero-order valence-corrected chi connectivity index (χ0v) is 12.5. The molecule has 1 aromatic carbocycles. The smallest absolute Gasteiger partial charge is 0.148 e. The molecule has 2 rings (SSSR count). The van der Waals surface area contributed by atoms with Crippen LogP contribution in [0.25, 0.3) is 10.9 Å². The maximum Gasteiger partial charge on any atom is 0.148 e. The summed E-state index contributed by atoms with van der Waals surface area (Å²) in [5.74, 6) is 0.175. The summed E-state index contributed by atoms with van der Waals surface area (Å²) in [6.07, 6.45) is 1.85. The van der Waals surface area contributed by atoms with Crippen molar-refractivity contribution in [3.8, 4) is 5.75 Å². The lowest BCUT2D eigenvalue weighted by Gasteiger charge is -2.16. The quantitative estimate of drug-likeness (QED) is 0.893. The summed E-state index contributed by atoms with van der Waals surface area (Å²) in [7, 11) is 1.54. The molecule has 0 saturated heterocycles. The summed E-state index contributed by atoms with van der Waals surface area (Å²) in [6.45, 7) is 7.05. The standard InChI is InChI=1S/C16H21FN2O/c1-5-7-18-15-10(3)13(6-2)19-16-12(15)8-11(17)9-14(16)20-4/h8-9H,5-7H2,1-4H3,(H,18,19). The molecule has 2 aromatic rings. The normalized spacial score (nSPS) is 10.8. The molecule has 1 N–H and O–H groups in total. The first-order chi connectivity index (χ1) is 9.62. The minimum absolute atomic E-state index is 0.306. The van der Waals surface area contributed by atoms with Gasteiger partial charge in [0.2, 0.25) is 0 Å². The van der Waals surface area contributed by atoms with E-state index < -0.39 is 0 Å². The summed E-state index contributed by atoms with van der Waals surface area (Å²) >= 11 is 0. The Morgan fingerprint density at radius 2 is 2.05 bits per heavy atom. The molecule has 0 bridgehead atoms. The van der Waals surface area contributed by atoms with E-state index in [0.717, 1.165) is 47.2 Å². The number of anilines is 1. The molecule has 0 amide bonds. The van der Waals surface area contributed by atoms with Crippen molar-refractivity contribution in [3.05, 3.63) is 29.2 Å². The molecule has 0 unspecified atom stereocenters. The number of methoxy groups -OCH3 is 1. The first-order valence-electron chi connectivity index (χ1n) is 7.02. The zero-order valence-electron chi connectivity index (χ0n) is 12.5. The van der Waals surface area contributed by atoms with E-state index in [1.165, 1.54) is 12.1 Å². The van der Waals surface area contributed by atoms with Crippen LogP contribution in [-0.4, -0.2) is 18.6 Å². The molecular formula is C16H21FN2O. The number of rotatable bonds is 5. The molecule has 108 valence electrons. The van der Waals surface area contributed by atoms with Gasteiger partial charge in [0.15, 0.2) is 0 Å². The molecule has 0 aliphatic heterocycles. The topological polar surface area (TPSA) is 34.2 Å². The first-order valence-corrected chi connectivity index (χ1v) is 7.02. The largest absolute Gasteiger partial charge is 0.494 e. The van der Waals surface area contributed by atoms with E-state index in [2.05, 4.69) is 24.1 Å². The lowest BCUT2D eigenvalue weighted by molar-refractivity contribution is 0.415. The Morgan fingerprint density at radius 1 is 1.30 bits per heavy atom. The highest BCUT2D eigenvalue weighted by Crippen LogP contribution is 2.34. The van der Waals surface area contributed by atoms with Crippen LogP contribution >= 0.6 is 0 Å². The van der Waals surface area contributed by atoms with E-state index in [1.54, 1.807) is 7.11 Å². The van der Waals surface area contributed by atoms with Gasteiger partial charge in [-0.3, -0.25) is 0 Å². The summed E-state index contributed by atoms with van der Waals surface area (Å²) in [4.78, 5) is 4.64. The lowest BCUT2D eigenvalue weighted by Crippen LogP contribution is -2.06. The van der Waals surface area contributed by atoms with Gasteiger partial charge in [-0.25, -0.2) is 9.37 Å². The molecule has 1 aromatic heterocycles. The maximum absolute atomic E-state index is 13.8. The Labute approximate surface area is 119 Å². The molecule has 0 aliphatic carbocycles. The number of aryl methyl sites for hydroxylation is 1. The lowest BCUT2D eigenvalue weighted by atomic mass is 10.0. The summed E-state index contributed by atoms with van der Waals surface area (Å²) < 4.78 is 19.0. The van der Waals surface area contributed by atoms with Crippen molar-refractivity contribution in [2.45, 2.75) is 33.6 Å². The van der Waals surface area contributed by atoms with Crippen molar-refractivity contribution in [2.75, 3.05) is 19.0 Å². The van der Waals surface area contributed by atoms with Crippen LogP contribution in [0, 0.1) is 12.7 Å². The SMILES string of the molecule is CCCNc1c(C)c(CC)nc2c(OC)cc(F)cc12. The van der Waals surface area contributed by atoms with Crippen molar-refractivity contribution < 1.29 is 9.13 Å². The number of nitrogens with one attached hydrogen (secondary N) is 1. The number of hydrogen-bond donors (Lipinski definition) is 1. The van der Waals surface area contributed by atoms with E-state index >= 15 is 0 Å². The van der Waals surface area contributed by atoms with Crippen molar-refractivity contribution in [3.63, 3.8) is 0 Å². The number of nitrogens with zero attached hydrogens (tertiary/aromatic N) is 1. The van der Waals surface area contributed by atoms with Crippen molar-refractivity contribution in [1.82, 2.24) is 4.98 Å². The molecule has 0 spiro atoms. The maximum atomic E-state index is 13.8. The Bertz CT molecular complexity index is 626. The van der Waals surface area contributed by atoms with Gasteiger partial charge in [0.1, 0.15) is 17.1 Å². The van der Waals surface area contributed by atoms with Crippen molar-refractivity contribution in [2.24, 2.45) is 0 Å². The molecule has 0 fully saturated rings. The molecule has 3 nitrogen and oxygen atoms in total. The van der Waals surface area contributed by atoms with Crippen molar-refractivity contribution in [1.29, 1.82) is 0 Å². The minimum atomic E-state index is -0.306. The highest BCUT2D eigenvalue weighted by Gasteiger charge is 2.15. The van der Waals surface area contributed by atoms with Gasteiger partial charge >= 0.3 is 0 Å². The minimum Gasteiger partial charge on any atom is -0.494 e. The second-order valence-corrected chi connectivity index (χ2v) is 4.84. The number of aromatic nitrogens is 1. The predicted molar refractivity (Wildman–Crippen MR) is 81.1 cm³/mol. The number of fused-ring (bicyclic) bond motifs is 1. The van der Waals surface area contributed by atoms with E-state index in [-0.39, 0.29) is 5.82 Å². The predicted octanol–water partition coefficient (Wildman–Crippen LogP) is 4.08. The van der Waals surface area contributed by atoms with E-state index in [9.17, 15) is 4.39 Å². The molecule has 0 radical (unpaired) electrons. The molecule has 0 aliphatic rings. The van der Waals surface area contributed by atoms with Gasteiger partial charge in [-0.1, -0.05) is 13.8 Å². The average Bonchev–Trinajstić information content (AvgIpc) is 2.45. The number of ether oxygens (including phenoxy) is 1. The van der Waals surface area contributed by atoms with Crippen LogP contribution in [0.4, 0.5) is 10.1 Å². The third-order valence-corrected chi connectivity index (χ3v) is 3.47. The van der Waals surface area contributed by atoms with Gasteiger partial charge < -0.3 is 10.1 Å². The fourth-order valence-corrected chi connectivity index (χ4v) is 2.42. The molecular weight excluding hydrogens is 255 g/mol.